The van der Waals surface area contributed by atoms with Crippen molar-refractivity contribution < 1.29 is 4.74 Å². The first-order valence-electron chi connectivity index (χ1n) is 6.34. The first-order valence-corrected chi connectivity index (χ1v) is 6.34. The summed E-state index contributed by atoms with van der Waals surface area (Å²) in [4.78, 5) is 8.50. The lowest BCUT2D eigenvalue weighted by molar-refractivity contribution is 0.130. The fourth-order valence-corrected chi connectivity index (χ4v) is 1.88. The molecule has 0 bridgehead atoms. The van der Waals surface area contributed by atoms with E-state index < -0.39 is 0 Å². The SMILES string of the molecule is CCOCCC1(CNc2ncc(C)cn2)CC1. The van der Waals surface area contributed by atoms with Gasteiger partial charge in [0.05, 0.1) is 0 Å². The number of aryl methyl sites for hydroxylation is 1. The Morgan fingerprint density at radius 3 is 2.65 bits per heavy atom. The molecule has 1 aliphatic rings. The molecule has 1 N–H and O–H groups in total. The number of aromatic nitrogens is 2. The molecule has 0 amide bonds. The summed E-state index contributed by atoms with van der Waals surface area (Å²) in [6.07, 6.45) is 7.40. The third-order valence-corrected chi connectivity index (χ3v) is 3.34. The minimum atomic E-state index is 0.434. The van der Waals surface area contributed by atoms with E-state index in [4.69, 9.17) is 4.74 Å². The minimum Gasteiger partial charge on any atom is -0.382 e. The van der Waals surface area contributed by atoms with Crippen LogP contribution in [0, 0.1) is 12.3 Å². The molecular formula is C13H21N3O. The molecule has 1 heterocycles. The highest BCUT2D eigenvalue weighted by Gasteiger charge is 2.41. The fraction of sp³-hybridized carbons (Fsp3) is 0.692. The average molecular weight is 235 g/mol. The van der Waals surface area contributed by atoms with Gasteiger partial charge in [0.25, 0.3) is 0 Å². The fourth-order valence-electron chi connectivity index (χ4n) is 1.88. The van der Waals surface area contributed by atoms with E-state index in [1.54, 1.807) is 0 Å². The summed E-state index contributed by atoms with van der Waals surface area (Å²) in [5.41, 5.74) is 1.52. The zero-order valence-electron chi connectivity index (χ0n) is 10.7. The number of anilines is 1. The smallest absolute Gasteiger partial charge is 0.222 e. The predicted octanol–water partition coefficient (Wildman–Crippen LogP) is 2.40. The first kappa shape index (κ1) is 12.3. The van der Waals surface area contributed by atoms with Gasteiger partial charge in [0.2, 0.25) is 5.95 Å². The summed E-state index contributed by atoms with van der Waals surface area (Å²) in [6.45, 7) is 6.67. The standard InChI is InChI=1S/C13H21N3O/c1-3-17-7-6-13(4-5-13)10-16-12-14-8-11(2)9-15-12/h8-9H,3-7,10H2,1-2H3,(H,14,15,16). The molecule has 2 rings (SSSR count). The summed E-state index contributed by atoms with van der Waals surface area (Å²) >= 11 is 0. The van der Waals surface area contributed by atoms with Crippen molar-refractivity contribution in [3.8, 4) is 0 Å². The summed E-state index contributed by atoms with van der Waals surface area (Å²) < 4.78 is 5.42. The Morgan fingerprint density at radius 1 is 1.35 bits per heavy atom. The van der Waals surface area contributed by atoms with Crippen LogP contribution >= 0.6 is 0 Å². The van der Waals surface area contributed by atoms with Gasteiger partial charge in [-0.1, -0.05) is 0 Å². The second-order valence-electron chi connectivity index (χ2n) is 4.88. The maximum atomic E-state index is 5.42. The van der Waals surface area contributed by atoms with Gasteiger partial charge in [-0.05, 0) is 44.1 Å². The molecule has 0 atom stereocenters. The molecule has 0 unspecified atom stereocenters. The lowest BCUT2D eigenvalue weighted by atomic mass is 10.0. The van der Waals surface area contributed by atoms with Crippen LogP contribution in [0.15, 0.2) is 12.4 Å². The van der Waals surface area contributed by atoms with E-state index in [1.165, 1.54) is 12.8 Å². The lowest BCUT2D eigenvalue weighted by Crippen LogP contribution is -2.18. The number of rotatable bonds is 7. The van der Waals surface area contributed by atoms with Crippen LogP contribution < -0.4 is 5.32 Å². The molecule has 17 heavy (non-hydrogen) atoms. The molecule has 0 aromatic carbocycles. The quantitative estimate of drug-likeness (QED) is 0.737. The number of nitrogens with zero attached hydrogens (tertiary/aromatic N) is 2. The van der Waals surface area contributed by atoms with Crippen LogP contribution in [0.5, 0.6) is 0 Å². The zero-order chi connectivity index (χ0) is 12.1. The van der Waals surface area contributed by atoms with Crippen molar-refractivity contribution >= 4 is 5.95 Å². The predicted molar refractivity (Wildman–Crippen MR) is 68.0 cm³/mol. The van der Waals surface area contributed by atoms with Gasteiger partial charge in [0, 0.05) is 32.2 Å². The normalized spacial score (nSPS) is 16.8. The highest BCUT2D eigenvalue weighted by Crippen LogP contribution is 2.48. The van der Waals surface area contributed by atoms with Crippen LogP contribution in [0.4, 0.5) is 5.95 Å². The number of nitrogens with one attached hydrogen (secondary N) is 1. The van der Waals surface area contributed by atoms with E-state index in [2.05, 4.69) is 15.3 Å². The van der Waals surface area contributed by atoms with E-state index >= 15 is 0 Å². The highest BCUT2D eigenvalue weighted by atomic mass is 16.5. The van der Waals surface area contributed by atoms with Gasteiger partial charge in [-0.15, -0.1) is 0 Å². The molecule has 0 spiro atoms. The van der Waals surface area contributed by atoms with Gasteiger partial charge in [0.1, 0.15) is 0 Å². The zero-order valence-corrected chi connectivity index (χ0v) is 10.7. The Labute approximate surface area is 103 Å². The van der Waals surface area contributed by atoms with Crippen LogP contribution in [0.25, 0.3) is 0 Å². The van der Waals surface area contributed by atoms with Crippen LogP contribution in [-0.2, 0) is 4.74 Å². The van der Waals surface area contributed by atoms with Crippen molar-refractivity contribution in [1.82, 2.24) is 9.97 Å². The van der Waals surface area contributed by atoms with Crippen LogP contribution in [0.1, 0.15) is 31.7 Å². The molecular weight excluding hydrogens is 214 g/mol. The number of hydrogen-bond acceptors (Lipinski definition) is 4. The van der Waals surface area contributed by atoms with Gasteiger partial charge in [-0.25, -0.2) is 9.97 Å². The maximum Gasteiger partial charge on any atom is 0.222 e. The van der Waals surface area contributed by atoms with E-state index in [0.29, 0.717) is 5.41 Å². The van der Waals surface area contributed by atoms with Crippen molar-refractivity contribution in [2.45, 2.75) is 33.1 Å². The van der Waals surface area contributed by atoms with E-state index in [1.807, 2.05) is 26.2 Å². The lowest BCUT2D eigenvalue weighted by Gasteiger charge is -2.15. The van der Waals surface area contributed by atoms with Crippen LogP contribution in [-0.4, -0.2) is 29.7 Å². The molecule has 4 heteroatoms. The third-order valence-electron chi connectivity index (χ3n) is 3.34. The Morgan fingerprint density at radius 2 is 2.06 bits per heavy atom. The van der Waals surface area contributed by atoms with Gasteiger partial charge < -0.3 is 10.1 Å². The summed E-state index contributed by atoms with van der Waals surface area (Å²) in [7, 11) is 0. The molecule has 1 saturated carbocycles. The first-order chi connectivity index (χ1) is 8.24. The molecule has 1 aromatic heterocycles. The van der Waals surface area contributed by atoms with Gasteiger partial charge in [-0.2, -0.15) is 0 Å². The van der Waals surface area contributed by atoms with E-state index in [0.717, 1.165) is 37.7 Å². The van der Waals surface area contributed by atoms with Gasteiger partial charge in [-0.3, -0.25) is 0 Å². The molecule has 0 aliphatic heterocycles. The van der Waals surface area contributed by atoms with Crippen LogP contribution in [0.2, 0.25) is 0 Å². The van der Waals surface area contributed by atoms with Crippen LogP contribution in [0.3, 0.4) is 0 Å². The number of hydrogen-bond donors (Lipinski definition) is 1. The van der Waals surface area contributed by atoms with E-state index in [9.17, 15) is 0 Å². The second-order valence-corrected chi connectivity index (χ2v) is 4.88. The average Bonchev–Trinajstić information content (AvgIpc) is 3.10. The van der Waals surface area contributed by atoms with Crippen molar-refractivity contribution in [3.63, 3.8) is 0 Å². The van der Waals surface area contributed by atoms with E-state index in [-0.39, 0.29) is 0 Å². The second kappa shape index (κ2) is 5.45. The molecule has 1 aromatic rings. The highest BCUT2D eigenvalue weighted by molar-refractivity contribution is 5.25. The van der Waals surface area contributed by atoms with Crippen molar-refractivity contribution in [1.29, 1.82) is 0 Å². The Hall–Kier alpha value is -1.16. The molecule has 4 nitrogen and oxygen atoms in total. The molecule has 1 aliphatic carbocycles. The molecule has 1 fully saturated rings. The summed E-state index contributed by atoms with van der Waals surface area (Å²) in [5, 5.41) is 3.32. The van der Waals surface area contributed by atoms with Crippen molar-refractivity contribution in [2.24, 2.45) is 5.41 Å². The molecule has 0 saturated heterocycles. The minimum absolute atomic E-state index is 0.434. The third kappa shape index (κ3) is 3.66. The monoisotopic (exact) mass is 235 g/mol. The van der Waals surface area contributed by atoms with Crippen molar-refractivity contribution in [3.05, 3.63) is 18.0 Å². The largest absolute Gasteiger partial charge is 0.382 e. The Kier molecular flexibility index (Phi) is 3.94. The topological polar surface area (TPSA) is 47.0 Å². The summed E-state index contributed by atoms with van der Waals surface area (Å²) in [5.74, 6) is 0.735. The van der Waals surface area contributed by atoms with Gasteiger partial charge in [0.15, 0.2) is 0 Å². The summed E-state index contributed by atoms with van der Waals surface area (Å²) in [6, 6.07) is 0. The Bertz CT molecular complexity index is 346. The van der Waals surface area contributed by atoms with Crippen molar-refractivity contribution in [2.75, 3.05) is 25.1 Å². The maximum absolute atomic E-state index is 5.42. The number of ether oxygens (including phenoxy) is 1. The molecule has 94 valence electrons. The molecule has 0 radical (unpaired) electrons. The Balaban J connectivity index is 1.75. The van der Waals surface area contributed by atoms with Gasteiger partial charge >= 0.3 is 0 Å².